The van der Waals surface area contributed by atoms with Gasteiger partial charge >= 0.3 is 0 Å². The number of fused-ring (bicyclic) bond motifs is 1. The highest BCUT2D eigenvalue weighted by Gasteiger charge is 2.46. The van der Waals surface area contributed by atoms with Gasteiger partial charge < -0.3 is 5.32 Å². The van der Waals surface area contributed by atoms with Crippen molar-refractivity contribution in [3.8, 4) is 0 Å². The molecule has 2 aromatic heterocycles. The SMILES string of the molecule is Cc1cccn2c(=O)c(C(=O)N[C@H]3CC3(C)C)cnc12. The third kappa shape index (κ3) is 1.99. The van der Waals surface area contributed by atoms with Gasteiger partial charge in [0.1, 0.15) is 11.2 Å². The molecule has 2 heterocycles. The topological polar surface area (TPSA) is 63.5 Å². The summed E-state index contributed by atoms with van der Waals surface area (Å²) in [5, 5.41) is 2.89. The Morgan fingerprint density at radius 1 is 1.50 bits per heavy atom. The second-order valence-corrected chi connectivity index (χ2v) is 6.08. The van der Waals surface area contributed by atoms with Crippen molar-refractivity contribution in [3.63, 3.8) is 0 Å². The predicted octanol–water partition coefficient (Wildman–Crippen LogP) is 1.53. The number of rotatable bonds is 2. The average Bonchev–Trinajstić information content (AvgIpc) is 2.97. The van der Waals surface area contributed by atoms with Crippen molar-refractivity contribution < 1.29 is 4.79 Å². The van der Waals surface area contributed by atoms with Crippen molar-refractivity contribution in [1.29, 1.82) is 0 Å². The molecule has 1 aliphatic carbocycles. The van der Waals surface area contributed by atoms with Crippen LogP contribution in [0.15, 0.2) is 29.3 Å². The molecule has 5 heteroatoms. The van der Waals surface area contributed by atoms with Crippen LogP contribution >= 0.6 is 0 Å². The third-order valence-electron chi connectivity index (χ3n) is 3.99. The zero-order valence-electron chi connectivity index (χ0n) is 11.8. The summed E-state index contributed by atoms with van der Waals surface area (Å²) in [7, 11) is 0. The molecule has 0 radical (unpaired) electrons. The summed E-state index contributed by atoms with van der Waals surface area (Å²) >= 11 is 0. The van der Waals surface area contributed by atoms with E-state index in [9.17, 15) is 9.59 Å². The highest BCUT2D eigenvalue weighted by Crippen LogP contribution is 2.44. The fraction of sp³-hybridized carbons (Fsp3) is 0.400. The first-order valence-electron chi connectivity index (χ1n) is 6.68. The van der Waals surface area contributed by atoms with Crippen LogP contribution in [-0.4, -0.2) is 21.3 Å². The standard InChI is InChI=1S/C15H17N3O2/c1-9-5-4-6-18-12(9)16-8-10(14(18)20)13(19)17-11-7-15(11,2)3/h4-6,8,11H,7H2,1-3H3,(H,17,19)/t11-/m0/s1. The molecule has 1 saturated carbocycles. The Balaban J connectivity index is 1.99. The number of hydrogen-bond acceptors (Lipinski definition) is 3. The lowest BCUT2D eigenvalue weighted by Gasteiger charge is -2.08. The van der Waals surface area contributed by atoms with Gasteiger partial charge in [-0.2, -0.15) is 0 Å². The van der Waals surface area contributed by atoms with E-state index in [4.69, 9.17) is 0 Å². The van der Waals surface area contributed by atoms with Crippen LogP contribution in [0.3, 0.4) is 0 Å². The van der Waals surface area contributed by atoms with Crippen molar-refractivity contribution in [2.75, 3.05) is 0 Å². The molecular formula is C15H17N3O2. The molecule has 104 valence electrons. The molecule has 0 bridgehead atoms. The van der Waals surface area contributed by atoms with Gasteiger partial charge in [0, 0.05) is 18.4 Å². The number of aromatic nitrogens is 2. The molecule has 0 unspecified atom stereocenters. The fourth-order valence-corrected chi connectivity index (χ4v) is 2.35. The van der Waals surface area contributed by atoms with E-state index in [1.54, 1.807) is 12.3 Å². The first-order valence-corrected chi connectivity index (χ1v) is 6.68. The summed E-state index contributed by atoms with van der Waals surface area (Å²) in [4.78, 5) is 28.7. The smallest absolute Gasteiger partial charge is 0.270 e. The molecular weight excluding hydrogens is 254 g/mol. The zero-order valence-corrected chi connectivity index (χ0v) is 11.8. The second kappa shape index (κ2) is 4.16. The van der Waals surface area contributed by atoms with Crippen molar-refractivity contribution in [2.24, 2.45) is 5.41 Å². The van der Waals surface area contributed by atoms with Crippen LogP contribution < -0.4 is 10.9 Å². The number of hydrogen-bond donors (Lipinski definition) is 1. The number of pyridine rings is 1. The van der Waals surface area contributed by atoms with Gasteiger partial charge in [0.15, 0.2) is 0 Å². The minimum atomic E-state index is -0.339. The molecule has 1 amide bonds. The van der Waals surface area contributed by atoms with Gasteiger partial charge in [0.05, 0.1) is 0 Å². The molecule has 1 fully saturated rings. The highest BCUT2D eigenvalue weighted by atomic mass is 16.2. The minimum Gasteiger partial charge on any atom is -0.349 e. The lowest BCUT2D eigenvalue weighted by atomic mass is 10.2. The minimum absolute atomic E-state index is 0.0933. The van der Waals surface area contributed by atoms with Crippen LogP contribution in [0.2, 0.25) is 0 Å². The fourth-order valence-electron chi connectivity index (χ4n) is 2.35. The van der Waals surface area contributed by atoms with Crippen LogP contribution in [0.4, 0.5) is 0 Å². The summed E-state index contributed by atoms with van der Waals surface area (Å²) in [6, 6.07) is 3.80. The van der Waals surface area contributed by atoms with E-state index < -0.39 is 0 Å². The lowest BCUT2D eigenvalue weighted by molar-refractivity contribution is 0.0944. The molecule has 20 heavy (non-hydrogen) atoms. The largest absolute Gasteiger partial charge is 0.349 e. The van der Waals surface area contributed by atoms with Gasteiger partial charge in [-0.1, -0.05) is 19.9 Å². The van der Waals surface area contributed by atoms with Crippen LogP contribution in [0.1, 0.15) is 36.2 Å². The number of aryl methyl sites for hydroxylation is 1. The maximum absolute atomic E-state index is 12.3. The molecule has 3 rings (SSSR count). The Morgan fingerprint density at radius 2 is 2.20 bits per heavy atom. The lowest BCUT2D eigenvalue weighted by Crippen LogP contribution is -2.34. The van der Waals surface area contributed by atoms with Gasteiger partial charge in [-0.25, -0.2) is 4.98 Å². The summed E-state index contributed by atoms with van der Waals surface area (Å²) in [5.74, 6) is -0.339. The molecule has 0 spiro atoms. The molecule has 0 saturated heterocycles. The maximum Gasteiger partial charge on any atom is 0.270 e. The summed E-state index contributed by atoms with van der Waals surface area (Å²) < 4.78 is 1.42. The first-order chi connectivity index (χ1) is 9.40. The van der Waals surface area contributed by atoms with Crippen molar-refractivity contribution in [2.45, 2.75) is 33.2 Å². The first kappa shape index (κ1) is 12.8. The van der Waals surface area contributed by atoms with Crippen molar-refractivity contribution >= 4 is 11.6 Å². The Labute approximate surface area is 116 Å². The Bertz CT molecular complexity index is 761. The van der Waals surface area contributed by atoms with E-state index in [2.05, 4.69) is 24.1 Å². The van der Waals surface area contributed by atoms with E-state index in [1.165, 1.54) is 10.6 Å². The van der Waals surface area contributed by atoms with E-state index in [1.807, 2.05) is 13.0 Å². The van der Waals surface area contributed by atoms with Crippen molar-refractivity contribution in [1.82, 2.24) is 14.7 Å². The van der Waals surface area contributed by atoms with Gasteiger partial charge in [-0.15, -0.1) is 0 Å². The molecule has 2 aromatic rings. The van der Waals surface area contributed by atoms with Crippen LogP contribution in [0.25, 0.3) is 5.65 Å². The summed E-state index contributed by atoms with van der Waals surface area (Å²) in [6.45, 7) is 6.06. The number of nitrogens with one attached hydrogen (secondary N) is 1. The molecule has 0 aliphatic heterocycles. The second-order valence-electron chi connectivity index (χ2n) is 6.08. The highest BCUT2D eigenvalue weighted by molar-refractivity contribution is 5.94. The molecule has 1 aliphatic rings. The molecule has 0 aromatic carbocycles. The zero-order chi connectivity index (χ0) is 14.5. The number of nitrogens with zero attached hydrogens (tertiary/aromatic N) is 2. The van der Waals surface area contributed by atoms with Gasteiger partial charge in [-0.3, -0.25) is 14.0 Å². The van der Waals surface area contributed by atoms with E-state index in [0.29, 0.717) is 5.65 Å². The number of carbonyl (C=O) groups excluding carboxylic acids is 1. The van der Waals surface area contributed by atoms with Crippen molar-refractivity contribution in [3.05, 3.63) is 46.0 Å². The summed E-state index contributed by atoms with van der Waals surface area (Å²) in [6.07, 6.45) is 3.95. The molecule has 1 atom stereocenters. The quantitative estimate of drug-likeness (QED) is 0.901. The van der Waals surface area contributed by atoms with Gasteiger partial charge in [-0.05, 0) is 30.4 Å². The predicted molar refractivity (Wildman–Crippen MR) is 75.9 cm³/mol. The van der Waals surface area contributed by atoms with Gasteiger partial charge in [0.25, 0.3) is 11.5 Å². The van der Waals surface area contributed by atoms with Crippen LogP contribution in [0.5, 0.6) is 0 Å². The Morgan fingerprint density at radius 3 is 2.85 bits per heavy atom. The number of amides is 1. The number of carbonyl (C=O) groups is 1. The van der Waals surface area contributed by atoms with Gasteiger partial charge in [0.2, 0.25) is 0 Å². The molecule has 1 N–H and O–H groups in total. The normalized spacial score (nSPS) is 19.9. The van der Waals surface area contributed by atoms with Crippen LogP contribution in [0, 0.1) is 12.3 Å². The van der Waals surface area contributed by atoms with E-state index in [0.717, 1.165) is 12.0 Å². The van der Waals surface area contributed by atoms with E-state index in [-0.39, 0.29) is 28.5 Å². The van der Waals surface area contributed by atoms with Crippen LogP contribution in [-0.2, 0) is 0 Å². The Hall–Kier alpha value is -2.17. The summed E-state index contributed by atoms with van der Waals surface area (Å²) in [5.41, 5.74) is 1.39. The van der Waals surface area contributed by atoms with E-state index >= 15 is 0 Å². The average molecular weight is 271 g/mol. The Kier molecular flexibility index (Phi) is 2.67. The monoisotopic (exact) mass is 271 g/mol. The third-order valence-corrected chi connectivity index (χ3v) is 3.99. The maximum atomic E-state index is 12.3. The molecule has 5 nitrogen and oxygen atoms in total.